The highest BCUT2D eigenvalue weighted by molar-refractivity contribution is 6.00. The Bertz CT molecular complexity index is 1440. The molecule has 0 saturated heterocycles. The van der Waals surface area contributed by atoms with Crippen LogP contribution in [0.1, 0.15) is 40.9 Å². The lowest BCUT2D eigenvalue weighted by Gasteiger charge is -2.27. The average molecular weight is 605 g/mol. The topological polar surface area (TPSA) is 137 Å². The molecule has 2 aromatic carbocycles. The van der Waals surface area contributed by atoms with Crippen LogP contribution in [0.2, 0.25) is 0 Å². The molecule has 2 heterocycles. The number of methoxy groups -OCH3 is 2. The lowest BCUT2D eigenvalue weighted by molar-refractivity contribution is -0.139. The summed E-state index contributed by atoms with van der Waals surface area (Å²) < 4.78 is 18.7. The van der Waals surface area contributed by atoms with Crippen molar-refractivity contribution in [1.29, 1.82) is 0 Å². The first-order valence-corrected chi connectivity index (χ1v) is 15.0. The van der Waals surface area contributed by atoms with Gasteiger partial charge in [0.15, 0.2) is 11.5 Å². The number of carbonyl (C=O) groups excluding carboxylic acids is 3. The number of benzene rings is 2. The van der Waals surface area contributed by atoms with Gasteiger partial charge in [-0.3, -0.25) is 19.1 Å². The number of hydrogen-bond donors (Lipinski definition) is 2. The molecule has 5 rings (SSSR count). The maximum atomic E-state index is 13.6. The third-order valence-corrected chi connectivity index (χ3v) is 8.05. The van der Waals surface area contributed by atoms with E-state index in [1.807, 2.05) is 36.5 Å². The van der Waals surface area contributed by atoms with Gasteiger partial charge in [-0.15, -0.1) is 5.10 Å². The fraction of sp³-hybridized carbons (Fsp3) is 0.469. The van der Waals surface area contributed by atoms with Crippen molar-refractivity contribution in [3.8, 4) is 11.5 Å². The smallest absolute Gasteiger partial charge is 0.255 e. The van der Waals surface area contributed by atoms with Gasteiger partial charge in [0.2, 0.25) is 11.8 Å². The number of aromatic nitrogens is 3. The van der Waals surface area contributed by atoms with Gasteiger partial charge in [0, 0.05) is 58.7 Å². The van der Waals surface area contributed by atoms with Crippen LogP contribution in [0.3, 0.4) is 0 Å². The molecule has 1 saturated carbocycles. The molecule has 0 spiro atoms. The van der Waals surface area contributed by atoms with Crippen LogP contribution in [-0.4, -0.2) is 90.7 Å². The Morgan fingerprint density at radius 1 is 1.07 bits per heavy atom. The summed E-state index contributed by atoms with van der Waals surface area (Å²) in [5, 5.41) is 14.4. The number of rotatable bonds is 6. The number of nitrogens with one attached hydrogen (secondary N) is 2. The predicted octanol–water partition coefficient (Wildman–Crippen LogP) is 2.02. The van der Waals surface area contributed by atoms with Crippen molar-refractivity contribution in [2.75, 3.05) is 47.1 Å². The number of amides is 3. The molecule has 2 aliphatic rings. The van der Waals surface area contributed by atoms with Crippen molar-refractivity contribution in [3.05, 3.63) is 71.5 Å². The van der Waals surface area contributed by atoms with Gasteiger partial charge in [-0.05, 0) is 30.5 Å². The number of hydrogen-bond acceptors (Lipinski definition) is 8. The highest BCUT2D eigenvalue weighted by Gasteiger charge is 2.51. The van der Waals surface area contributed by atoms with E-state index in [0.29, 0.717) is 57.2 Å². The Labute approximate surface area is 257 Å². The van der Waals surface area contributed by atoms with E-state index in [0.717, 1.165) is 24.1 Å². The Balaban J connectivity index is 1.40. The van der Waals surface area contributed by atoms with E-state index in [2.05, 4.69) is 20.9 Å². The Kier molecular flexibility index (Phi) is 10.1. The molecule has 2 bridgehead atoms. The third-order valence-electron chi connectivity index (χ3n) is 8.05. The van der Waals surface area contributed by atoms with Crippen LogP contribution in [0.4, 0.5) is 0 Å². The second-order valence-corrected chi connectivity index (χ2v) is 11.3. The summed E-state index contributed by atoms with van der Waals surface area (Å²) in [5.74, 6) is -0.0615. The van der Waals surface area contributed by atoms with Crippen LogP contribution in [0.25, 0.3) is 0 Å². The Morgan fingerprint density at radius 2 is 1.89 bits per heavy atom. The van der Waals surface area contributed by atoms with Crippen molar-refractivity contribution in [1.82, 2.24) is 30.5 Å². The second kappa shape index (κ2) is 14.3. The first kappa shape index (κ1) is 31.0. The summed E-state index contributed by atoms with van der Waals surface area (Å²) in [4.78, 5) is 42.6. The molecule has 44 heavy (non-hydrogen) atoms. The van der Waals surface area contributed by atoms with E-state index in [-0.39, 0.29) is 30.3 Å². The Hall–Kier alpha value is -4.45. The van der Waals surface area contributed by atoms with Crippen molar-refractivity contribution >= 4 is 17.7 Å². The number of nitrogens with zero attached hydrogens (tertiary/aromatic N) is 4. The summed E-state index contributed by atoms with van der Waals surface area (Å²) in [5.41, 5.74) is 1.42. The Morgan fingerprint density at radius 3 is 2.64 bits per heavy atom. The van der Waals surface area contributed by atoms with Gasteiger partial charge < -0.3 is 29.7 Å². The monoisotopic (exact) mass is 604 g/mol. The van der Waals surface area contributed by atoms with Gasteiger partial charge >= 0.3 is 0 Å². The van der Waals surface area contributed by atoms with E-state index in [4.69, 9.17) is 14.2 Å². The van der Waals surface area contributed by atoms with Crippen LogP contribution in [-0.2, 0) is 33.7 Å². The zero-order valence-electron chi connectivity index (χ0n) is 25.3. The minimum absolute atomic E-state index is 0.0173. The predicted molar refractivity (Wildman–Crippen MR) is 161 cm³/mol. The van der Waals surface area contributed by atoms with Crippen LogP contribution in [0.5, 0.6) is 11.5 Å². The molecular weight excluding hydrogens is 564 g/mol. The maximum Gasteiger partial charge on any atom is 0.255 e. The SMILES string of the molecule is COCC1(C(=O)N2CCNC(=O)[C@H](Cc3ccccc3)NC(=O)c3cccc(OC)c3OCCCn3cc(nn3)CC2)CC1. The molecule has 2 N–H and O–H groups in total. The zero-order chi connectivity index (χ0) is 30.9. The highest BCUT2D eigenvalue weighted by Crippen LogP contribution is 2.47. The molecule has 1 aromatic heterocycles. The summed E-state index contributed by atoms with van der Waals surface area (Å²) in [7, 11) is 3.12. The molecule has 12 nitrogen and oxygen atoms in total. The van der Waals surface area contributed by atoms with Crippen LogP contribution in [0.15, 0.2) is 54.7 Å². The largest absolute Gasteiger partial charge is 0.493 e. The van der Waals surface area contributed by atoms with Crippen LogP contribution in [0, 0.1) is 5.41 Å². The standard InChI is InChI=1S/C32H40N6O6/c1-42-22-32(13-14-32)31(41)37-17-12-24-21-38(36-35-24)16-7-19-44-28-25(10-6-11-27(28)43-2)29(39)34-26(30(40)33-15-18-37)20-23-8-4-3-5-9-23/h3-6,8-11,21,26H,7,12-20,22H2,1-2H3,(H,33,40)(H,34,39)/t26-/m0/s1. The minimum Gasteiger partial charge on any atom is -0.493 e. The molecule has 234 valence electrons. The molecule has 1 aliphatic carbocycles. The van der Waals surface area contributed by atoms with Crippen molar-refractivity contribution in [2.24, 2.45) is 5.41 Å². The molecular formula is C32H40N6O6. The fourth-order valence-electron chi connectivity index (χ4n) is 5.45. The van der Waals surface area contributed by atoms with Gasteiger partial charge in [0.05, 0.1) is 37.0 Å². The van der Waals surface area contributed by atoms with Gasteiger partial charge in [-0.25, -0.2) is 0 Å². The molecule has 1 fully saturated rings. The lowest BCUT2D eigenvalue weighted by atomic mass is 10.0. The molecule has 0 radical (unpaired) electrons. The van der Waals surface area contributed by atoms with Crippen molar-refractivity contribution in [3.63, 3.8) is 0 Å². The minimum atomic E-state index is -0.868. The van der Waals surface area contributed by atoms with Crippen molar-refractivity contribution in [2.45, 2.75) is 44.7 Å². The van der Waals surface area contributed by atoms with E-state index in [1.54, 1.807) is 34.9 Å². The van der Waals surface area contributed by atoms with E-state index in [1.165, 1.54) is 7.11 Å². The third kappa shape index (κ3) is 7.54. The van der Waals surface area contributed by atoms with Crippen LogP contribution >= 0.6 is 0 Å². The first-order valence-electron chi connectivity index (χ1n) is 15.0. The normalized spacial score (nSPS) is 19.2. The fourth-order valence-corrected chi connectivity index (χ4v) is 5.45. The van der Waals surface area contributed by atoms with Gasteiger partial charge in [0.25, 0.3) is 5.91 Å². The number of carbonyl (C=O) groups is 3. The molecule has 0 unspecified atom stereocenters. The van der Waals surface area contributed by atoms with E-state index < -0.39 is 17.4 Å². The summed E-state index contributed by atoms with van der Waals surface area (Å²) in [6.45, 7) is 2.18. The number of aryl methyl sites for hydroxylation is 1. The van der Waals surface area contributed by atoms with E-state index >= 15 is 0 Å². The molecule has 1 aliphatic heterocycles. The van der Waals surface area contributed by atoms with Crippen LogP contribution < -0.4 is 20.1 Å². The summed E-state index contributed by atoms with van der Waals surface area (Å²) in [6, 6.07) is 13.7. The lowest BCUT2D eigenvalue weighted by Crippen LogP contribution is -2.50. The van der Waals surface area contributed by atoms with Gasteiger partial charge in [0.1, 0.15) is 6.04 Å². The molecule has 3 amide bonds. The molecule has 3 aromatic rings. The number of ether oxygens (including phenoxy) is 3. The van der Waals surface area contributed by atoms with Crippen molar-refractivity contribution < 1.29 is 28.6 Å². The van der Waals surface area contributed by atoms with Gasteiger partial charge in [-0.1, -0.05) is 41.6 Å². The second-order valence-electron chi connectivity index (χ2n) is 11.3. The van der Waals surface area contributed by atoms with Gasteiger partial charge in [-0.2, -0.15) is 0 Å². The quantitative estimate of drug-likeness (QED) is 0.436. The number of para-hydroxylation sites is 1. The van der Waals surface area contributed by atoms with E-state index in [9.17, 15) is 14.4 Å². The molecule has 1 atom stereocenters. The first-order chi connectivity index (χ1) is 21.4. The zero-order valence-corrected chi connectivity index (χ0v) is 25.3. The molecule has 12 heteroatoms. The highest BCUT2D eigenvalue weighted by atomic mass is 16.5. The summed E-state index contributed by atoms with van der Waals surface area (Å²) in [6.07, 6.45) is 4.84. The average Bonchev–Trinajstić information content (AvgIpc) is 3.68. The number of fused-ring (bicyclic) bond motifs is 3. The summed E-state index contributed by atoms with van der Waals surface area (Å²) >= 11 is 0. The maximum absolute atomic E-state index is 13.6.